The molecule has 25 heavy (non-hydrogen) atoms. The Bertz CT molecular complexity index is 740. The largest absolute Gasteiger partial charge is 0.342 e. The zero-order valence-electron chi connectivity index (χ0n) is 14.4. The Morgan fingerprint density at radius 1 is 1.28 bits per heavy atom. The number of nitriles is 1. The summed E-state index contributed by atoms with van der Waals surface area (Å²) in [6, 6.07) is 8.97. The molecule has 5 nitrogen and oxygen atoms in total. The first-order valence-corrected chi connectivity index (χ1v) is 9.16. The number of rotatable bonds is 3. The van der Waals surface area contributed by atoms with Gasteiger partial charge < -0.3 is 9.80 Å². The van der Waals surface area contributed by atoms with E-state index in [1.54, 1.807) is 24.3 Å². The second-order valence-corrected chi connectivity index (χ2v) is 7.88. The Kier molecular flexibility index (Phi) is 3.99. The van der Waals surface area contributed by atoms with Crippen LogP contribution in [0.3, 0.4) is 0 Å². The van der Waals surface area contributed by atoms with Crippen LogP contribution in [0.25, 0.3) is 0 Å². The first-order chi connectivity index (χ1) is 12.1. The molecule has 2 saturated heterocycles. The van der Waals surface area contributed by atoms with E-state index in [2.05, 4.69) is 11.0 Å². The minimum atomic E-state index is -0.00823. The average molecular weight is 337 g/mol. The lowest BCUT2D eigenvalue weighted by molar-refractivity contribution is -0.128. The fourth-order valence-electron chi connectivity index (χ4n) is 4.18. The SMILES string of the molecule is N#Cc1cccc(C(=O)N2CCC3(CC2)CC(=O)N(CC2CC2)C3)c1. The van der Waals surface area contributed by atoms with E-state index in [9.17, 15) is 9.59 Å². The van der Waals surface area contributed by atoms with Crippen LogP contribution >= 0.6 is 0 Å². The van der Waals surface area contributed by atoms with Gasteiger partial charge >= 0.3 is 0 Å². The van der Waals surface area contributed by atoms with E-state index in [1.165, 1.54) is 12.8 Å². The number of benzene rings is 1. The van der Waals surface area contributed by atoms with Gasteiger partial charge in [0.05, 0.1) is 11.6 Å². The summed E-state index contributed by atoms with van der Waals surface area (Å²) >= 11 is 0. The Labute approximate surface area is 148 Å². The fourth-order valence-corrected chi connectivity index (χ4v) is 4.18. The van der Waals surface area contributed by atoms with E-state index in [0.29, 0.717) is 36.5 Å². The number of nitrogens with zero attached hydrogens (tertiary/aromatic N) is 3. The van der Waals surface area contributed by atoms with Crippen LogP contribution < -0.4 is 0 Å². The standard InChI is InChI=1S/C20H23N3O2/c21-12-16-2-1-3-17(10-16)19(25)22-8-6-20(7-9-22)11-18(24)23(14-20)13-15-4-5-15/h1-3,10,15H,4-9,11,13-14H2. The van der Waals surface area contributed by atoms with Crippen molar-refractivity contribution in [1.29, 1.82) is 5.26 Å². The highest BCUT2D eigenvalue weighted by molar-refractivity contribution is 5.94. The van der Waals surface area contributed by atoms with Crippen LogP contribution in [0.2, 0.25) is 0 Å². The third-order valence-electron chi connectivity index (χ3n) is 5.93. The summed E-state index contributed by atoms with van der Waals surface area (Å²) in [7, 11) is 0. The van der Waals surface area contributed by atoms with Crippen LogP contribution in [0.15, 0.2) is 24.3 Å². The Balaban J connectivity index is 1.38. The van der Waals surface area contributed by atoms with E-state index >= 15 is 0 Å². The maximum atomic E-state index is 12.7. The summed E-state index contributed by atoms with van der Waals surface area (Å²) in [5, 5.41) is 9.00. The number of carbonyl (C=O) groups is 2. The van der Waals surface area contributed by atoms with Gasteiger partial charge in [-0.15, -0.1) is 0 Å². The Morgan fingerprint density at radius 3 is 2.72 bits per heavy atom. The molecule has 1 aromatic rings. The van der Waals surface area contributed by atoms with Gasteiger partial charge in [-0.1, -0.05) is 6.07 Å². The first-order valence-electron chi connectivity index (χ1n) is 9.16. The van der Waals surface area contributed by atoms with Crippen LogP contribution in [0.4, 0.5) is 0 Å². The molecule has 130 valence electrons. The van der Waals surface area contributed by atoms with E-state index in [4.69, 9.17) is 5.26 Å². The second kappa shape index (κ2) is 6.18. The molecule has 0 N–H and O–H groups in total. The molecule has 3 aliphatic rings. The zero-order valence-corrected chi connectivity index (χ0v) is 14.4. The molecule has 1 aromatic carbocycles. The minimum Gasteiger partial charge on any atom is -0.342 e. The quantitative estimate of drug-likeness (QED) is 0.851. The van der Waals surface area contributed by atoms with E-state index in [1.807, 2.05) is 4.90 Å². The van der Waals surface area contributed by atoms with E-state index < -0.39 is 0 Å². The molecule has 0 radical (unpaired) electrons. The molecule has 0 bridgehead atoms. The molecule has 3 fully saturated rings. The van der Waals surface area contributed by atoms with Crippen LogP contribution in [-0.2, 0) is 4.79 Å². The maximum Gasteiger partial charge on any atom is 0.253 e. The summed E-state index contributed by atoms with van der Waals surface area (Å²) in [4.78, 5) is 29.0. The molecule has 0 unspecified atom stereocenters. The third-order valence-corrected chi connectivity index (χ3v) is 5.93. The van der Waals surface area contributed by atoms with E-state index in [0.717, 1.165) is 31.8 Å². The number of piperidine rings is 1. The molecule has 0 aromatic heterocycles. The van der Waals surface area contributed by atoms with Crippen molar-refractivity contribution in [3.8, 4) is 6.07 Å². The summed E-state index contributed by atoms with van der Waals surface area (Å²) in [6.45, 7) is 3.19. The normalized spacial score (nSPS) is 22.3. The summed E-state index contributed by atoms with van der Waals surface area (Å²) in [6.07, 6.45) is 4.96. The van der Waals surface area contributed by atoms with Crippen LogP contribution in [-0.4, -0.2) is 47.8 Å². The van der Waals surface area contributed by atoms with Crippen LogP contribution in [0, 0.1) is 22.7 Å². The maximum absolute atomic E-state index is 12.7. The van der Waals surface area contributed by atoms with Crippen molar-refractivity contribution in [3.63, 3.8) is 0 Å². The van der Waals surface area contributed by atoms with Gasteiger partial charge in [0.2, 0.25) is 5.91 Å². The summed E-state index contributed by atoms with van der Waals surface area (Å²) in [5.41, 5.74) is 1.15. The monoisotopic (exact) mass is 337 g/mol. The molecular formula is C20H23N3O2. The predicted octanol–water partition coefficient (Wildman–Crippen LogP) is 2.42. The molecule has 2 aliphatic heterocycles. The highest BCUT2D eigenvalue weighted by Gasteiger charge is 2.46. The predicted molar refractivity (Wildman–Crippen MR) is 92.6 cm³/mol. The third kappa shape index (κ3) is 3.26. The van der Waals surface area contributed by atoms with Crippen molar-refractivity contribution >= 4 is 11.8 Å². The summed E-state index contributed by atoms with van der Waals surface area (Å²) in [5.74, 6) is 1.02. The van der Waals surface area contributed by atoms with Gasteiger partial charge in [-0.2, -0.15) is 5.26 Å². The van der Waals surface area contributed by atoms with Crippen LogP contribution in [0.5, 0.6) is 0 Å². The molecule has 0 atom stereocenters. The van der Waals surface area contributed by atoms with Crippen molar-refractivity contribution in [1.82, 2.24) is 9.80 Å². The molecule has 1 saturated carbocycles. The van der Waals surface area contributed by atoms with E-state index in [-0.39, 0.29) is 11.3 Å². The molecule has 1 aliphatic carbocycles. The lowest BCUT2D eigenvalue weighted by Crippen LogP contribution is -2.44. The number of amides is 2. The molecule has 2 amide bonds. The average Bonchev–Trinajstić information content (AvgIpc) is 3.40. The highest BCUT2D eigenvalue weighted by Crippen LogP contribution is 2.42. The van der Waals surface area contributed by atoms with Crippen molar-refractivity contribution in [2.45, 2.75) is 32.1 Å². The molecule has 5 heteroatoms. The van der Waals surface area contributed by atoms with Gasteiger partial charge in [-0.25, -0.2) is 0 Å². The summed E-state index contributed by atoms with van der Waals surface area (Å²) < 4.78 is 0. The smallest absolute Gasteiger partial charge is 0.253 e. The van der Waals surface area contributed by atoms with Gasteiger partial charge in [-0.05, 0) is 49.8 Å². The number of hydrogen-bond donors (Lipinski definition) is 0. The van der Waals surface area contributed by atoms with Crippen molar-refractivity contribution in [2.24, 2.45) is 11.3 Å². The molecular weight excluding hydrogens is 314 g/mol. The van der Waals surface area contributed by atoms with Gasteiger partial charge in [0.25, 0.3) is 5.91 Å². The van der Waals surface area contributed by atoms with Crippen molar-refractivity contribution in [2.75, 3.05) is 26.2 Å². The number of likely N-dealkylation sites (tertiary alicyclic amines) is 2. The molecule has 1 spiro atoms. The van der Waals surface area contributed by atoms with Crippen molar-refractivity contribution < 1.29 is 9.59 Å². The fraction of sp³-hybridized carbons (Fsp3) is 0.550. The van der Waals surface area contributed by atoms with Gasteiger partial charge in [0.15, 0.2) is 0 Å². The van der Waals surface area contributed by atoms with Gasteiger partial charge in [-0.3, -0.25) is 9.59 Å². The second-order valence-electron chi connectivity index (χ2n) is 7.88. The Hall–Kier alpha value is -2.35. The minimum absolute atomic E-state index is 0.00823. The van der Waals surface area contributed by atoms with Crippen LogP contribution in [0.1, 0.15) is 48.0 Å². The lowest BCUT2D eigenvalue weighted by atomic mass is 9.77. The first kappa shape index (κ1) is 16.1. The van der Waals surface area contributed by atoms with Crippen molar-refractivity contribution in [3.05, 3.63) is 35.4 Å². The van der Waals surface area contributed by atoms with Gasteiger partial charge in [0.1, 0.15) is 0 Å². The molecule has 4 rings (SSSR count). The zero-order chi connectivity index (χ0) is 17.4. The molecule has 2 heterocycles. The lowest BCUT2D eigenvalue weighted by Gasteiger charge is -2.38. The van der Waals surface area contributed by atoms with Gasteiger partial charge in [0, 0.05) is 43.6 Å². The number of carbonyl (C=O) groups excluding carboxylic acids is 2. The topological polar surface area (TPSA) is 64.4 Å². The highest BCUT2D eigenvalue weighted by atomic mass is 16.2. The number of hydrogen-bond acceptors (Lipinski definition) is 3. The Morgan fingerprint density at radius 2 is 2.04 bits per heavy atom.